The molecule has 262 valence electrons. The summed E-state index contributed by atoms with van der Waals surface area (Å²) in [6.45, 7) is 4.68. The van der Waals surface area contributed by atoms with Crippen LogP contribution in [0.25, 0.3) is 6.08 Å². The van der Waals surface area contributed by atoms with Crippen LogP contribution in [0.4, 0.5) is 4.39 Å². The maximum atomic E-state index is 13.1. The topological polar surface area (TPSA) is 73.4 Å². The molecule has 4 aromatic carbocycles. The number of carbonyl (C=O) groups is 1. The van der Waals surface area contributed by atoms with Gasteiger partial charge < -0.3 is 23.8 Å². The van der Waals surface area contributed by atoms with E-state index < -0.39 is 0 Å². The van der Waals surface area contributed by atoms with Crippen LogP contribution in [0.2, 0.25) is 5.02 Å². The summed E-state index contributed by atoms with van der Waals surface area (Å²) < 4.78 is 35.8. The zero-order valence-electron chi connectivity index (χ0n) is 28.3. The second-order valence-electron chi connectivity index (χ2n) is 12.1. The number of hydrogen-bond acceptors (Lipinski definition) is 7. The molecule has 1 fully saturated rings. The molecule has 0 aliphatic carbocycles. The highest BCUT2D eigenvalue weighted by Gasteiger charge is 2.20. The number of ether oxygens (including phenoxy) is 4. The van der Waals surface area contributed by atoms with Crippen molar-refractivity contribution in [2.75, 3.05) is 39.9 Å². The molecule has 0 N–H and O–H groups in total. The number of hydrogen-bond donors (Lipinski definition) is 0. The van der Waals surface area contributed by atoms with Gasteiger partial charge in [0.1, 0.15) is 35.4 Å². The van der Waals surface area contributed by atoms with E-state index >= 15 is 0 Å². The first-order valence-corrected chi connectivity index (χ1v) is 17.1. The molecular formula is C41H39ClFN3O5. The van der Waals surface area contributed by atoms with Crippen molar-refractivity contribution in [3.63, 3.8) is 0 Å². The van der Waals surface area contributed by atoms with Crippen molar-refractivity contribution in [2.24, 2.45) is 0 Å². The highest BCUT2D eigenvalue weighted by molar-refractivity contribution is 6.32. The molecule has 5 aromatic rings. The summed E-state index contributed by atoms with van der Waals surface area (Å²) in [4.78, 5) is 21.5. The van der Waals surface area contributed by atoms with Gasteiger partial charge in [-0.3, -0.25) is 9.69 Å². The number of nitrogens with zero attached hydrogens (tertiary/aromatic N) is 3. The first-order chi connectivity index (χ1) is 24.9. The zero-order valence-corrected chi connectivity index (χ0v) is 29.1. The normalized spacial score (nSPS) is 13.3. The molecule has 0 atom stereocenters. The molecule has 2 heterocycles. The number of piperazine rings is 1. The number of methoxy groups -OCH3 is 1. The maximum absolute atomic E-state index is 13.1. The lowest BCUT2D eigenvalue weighted by molar-refractivity contribution is -0.127. The van der Waals surface area contributed by atoms with Crippen LogP contribution in [0.5, 0.6) is 28.9 Å². The SMILES string of the molecule is COc1cccc(OCCc2ccc(CN3CCN(C(=O)C=Cc4ccc(Oc5ccc(OCc6ccc(F)cc6)cn5)c(Cl)c4)CC3)cc2)c1. The molecule has 1 aliphatic heterocycles. The summed E-state index contributed by atoms with van der Waals surface area (Å²) in [6, 6.07) is 31.2. The molecule has 51 heavy (non-hydrogen) atoms. The van der Waals surface area contributed by atoms with E-state index in [1.165, 1.54) is 23.3 Å². The molecule has 0 bridgehead atoms. The highest BCUT2D eigenvalue weighted by atomic mass is 35.5. The number of rotatable bonds is 14. The van der Waals surface area contributed by atoms with Gasteiger partial charge in [0.25, 0.3) is 0 Å². The second-order valence-corrected chi connectivity index (χ2v) is 12.5. The Morgan fingerprint density at radius 1 is 0.824 bits per heavy atom. The fourth-order valence-corrected chi connectivity index (χ4v) is 5.75. The van der Waals surface area contributed by atoms with Gasteiger partial charge in [0.2, 0.25) is 11.8 Å². The number of carbonyl (C=O) groups excluding carboxylic acids is 1. The van der Waals surface area contributed by atoms with Crippen molar-refractivity contribution in [1.82, 2.24) is 14.8 Å². The van der Waals surface area contributed by atoms with E-state index in [9.17, 15) is 9.18 Å². The maximum Gasteiger partial charge on any atom is 0.246 e. The van der Waals surface area contributed by atoms with E-state index in [0.717, 1.165) is 48.7 Å². The molecule has 1 aromatic heterocycles. The van der Waals surface area contributed by atoms with E-state index in [-0.39, 0.29) is 11.7 Å². The number of amides is 1. The van der Waals surface area contributed by atoms with Crippen molar-refractivity contribution < 1.29 is 28.1 Å². The number of aromatic nitrogens is 1. The van der Waals surface area contributed by atoms with Gasteiger partial charge >= 0.3 is 0 Å². The molecule has 0 spiro atoms. The summed E-state index contributed by atoms with van der Waals surface area (Å²) in [5.41, 5.74) is 4.10. The van der Waals surface area contributed by atoms with Crippen molar-refractivity contribution >= 4 is 23.6 Å². The van der Waals surface area contributed by atoms with Crippen LogP contribution in [0.15, 0.2) is 115 Å². The minimum atomic E-state index is -0.289. The summed E-state index contributed by atoms with van der Waals surface area (Å²) in [5.74, 6) is 2.61. The van der Waals surface area contributed by atoms with Gasteiger partial charge in [-0.15, -0.1) is 0 Å². The molecule has 10 heteroatoms. The van der Waals surface area contributed by atoms with Gasteiger partial charge in [0.05, 0.1) is 24.9 Å². The van der Waals surface area contributed by atoms with Crippen LogP contribution in [-0.4, -0.2) is 60.6 Å². The Labute approximate surface area is 302 Å². The van der Waals surface area contributed by atoms with E-state index in [1.54, 1.807) is 61.9 Å². The predicted octanol–water partition coefficient (Wildman–Crippen LogP) is 8.23. The van der Waals surface area contributed by atoms with Crippen molar-refractivity contribution in [3.05, 3.63) is 148 Å². The molecule has 6 rings (SSSR count). The number of pyridine rings is 1. The van der Waals surface area contributed by atoms with Crippen molar-refractivity contribution in [1.29, 1.82) is 0 Å². The molecule has 0 radical (unpaired) electrons. The van der Waals surface area contributed by atoms with Crippen LogP contribution in [0.1, 0.15) is 22.3 Å². The Morgan fingerprint density at radius 2 is 1.57 bits per heavy atom. The van der Waals surface area contributed by atoms with Gasteiger partial charge in [-0.1, -0.05) is 60.1 Å². The van der Waals surface area contributed by atoms with Crippen LogP contribution in [-0.2, 0) is 24.4 Å². The minimum absolute atomic E-state index is 0.0300. The lowest BCUT2D eigenvalue weighted by Crippen LogP contribution is -2.47. The Bertz CT molecular complexity index is 1910. The Hall–Kier alpha value is -5.38. The Balaban J connectivity index is 0.908. The lowest BCUT2D eigenvalue weighted by Gasteiger charge is -2.34. The first-order valence-electron chi connectivity index (χ1n) is 16.7. The third-order valence-electron chi connectivity index (χ3n) is 8.43. The van der Waals surface area contributed by atoms with E-state index in [0.29, 0.717) is 48.7 Å². The van der Waals surface area contributed by atoms with Crippen molar-refractivity contribution in [2.45, 2.75) is 19.6 Å². The Morgan fingerprint density at radius 3 is 2.29 bits per heavy atom. The van der Waals surface area contributed by atoms with E-state index in [2.05, 4.69) is 34.1 Å². The monoisotopic (exact) mass is 707 g/mol. The first kappa shape index (κ1) is 35.4. The average Bonchev–Trinajstić information content (AvgIpc) is 3.16. The molecular weight excluding hydrogens is 669 g/mol. The molecule has 0 saturated carbocycles. The van der Waals surface area contributed by atoms with Gasteiger partial charge in [-0.25, -0.2) is 9.37 Å². The summed E-state index contributed by atoms with van der Waals surface area (Å²) in [6.07, 6.45) is 5.72. The van der Waals surface area contributed by atoms with Gasteiger partial charge in [-0.05, 0) is 70.8 Å². The molecule has 1 aliphatic rings. The molecule has 8 nitrogen and oxygen atoms in total. The second kappa shape index (κ2) is 17.5. The summed E-state index contributed by atoms with van der Waals surface area (Å²) >= 11 is 6.50. The standard InChI is InChI=1S/C41H39ClFN3O5/c1-48-35-3-2-4-36(26-35)49-24-19-30-5-7-32(8-6-30)28-45-20-22-46(23-21-45)41(47)18-12-31-11-16-39(38(42)25-31)51-40-17-15-37(27-44-40)50-29-33-9-13-34(43)14-10-33/h2-18,25-27H,19-24,28-29H2,1H3. The fraction of sp³-hybridized carbons (Fsp3) is 0.220. The van der Waals surface area contributed by atoms with Crippen LogP contribution >= 0.6 is 11.6 Å². The average molecular weight is 708 g/mol. The fourth-order valence-electron chi connectivity index (χ4n) is 5.52. The Kier molecular flexibility index (Phi) is 12.2. The lowest BCUT2D eigenvalue weighted by atomic mass is 10.1. The third-order valence-corrected chi connectivity index (χ3v) is 8.73. The molecule has 1 saturated heterocycles. The summed E-state index contributed by atoms with van der Waals surface area (Å²) in [7, 11) is 1.65. The largest absolute Gasteiger partial charge is 0.497 e. The number of benzene rings is 4. The zero-order chi connectivity index (χ0) is 35.4. The van der Waals surface area contributed by atoms with Crippen LogP contribution in [0.3, 0.4) is 0 Å². The van der Waals surface area contributed by atoms with E-state index in [1.807, 2.05) is 35.2 Å². The predicted molar refractivity (Wildman–Crippen MR) is 196 cm³/mol. The van der Waals surface area contributed by atoms with Crippen LogP contribution < -0.4 is 18.9 Å². The molecule has 1 amide bonds. The summed E-state index contributed by atoms with van der Waals surface area (Å²) in [5, 5.41) is 0.395. The smallest absolute Gasteiger partial charge is 0.246 e. The minimum Gasteiger partial charge on any atom is -0.497 e. The van der Waals surface area contributed by atoms with Gasteiger partial charge in [0.15, 0.2) is 0 Å². The molecule has 0 unspecified atom stereocenters. The quantitative estimate of drug-likeness (QED) is 0.108. The highest BCUT2D eigenvalue weighted by Crippen LogP contribution is 2.30. The van der Waals surface area contributed by atoms with Crippen molar-refractivity contribution in [3.8, 4) is 28.9 Å². The third kappa shape index (κ3) is 10.6. The number of halogens is 2. The van der Waals surface area contributed by atoms with Gasteiger partial charge in [-0.2, -0.15) is 0 Å². The van der Waals surface area contributed by atoms with Gasteiger partial charge in [0, 0.05) is 57.4 Å². The van der Waals surface area contributed by atoms with E-state index in [4.69, 9.17) is 30.5 Å². The van der Waals surface area contributed by atoms with Crippen LogP contribution in [0, 0.1) is 5.82 Å².